The molecule has 0 amide bonds. The molecule has 18 heavy (non-hydrogen) atoms. The molecule has 0 aliphatic carbocycles. The van der Waals surface area contributed by atoms with Crippen molar-refractivity contribution >= 4 is 9.84 Å². The van der Waals surface area contributed by atoms with Crippen molar-refractivity contribution in [2.75, 3.05) is 25.2 Å². The summed E-state index contributed by atoms with van der Waals surface area (Å²) in [6, 6.07) is 8.02. The summed E-state index contributed by atoms with van der Waals surface area (Å²) in [6.07, 6.45) is 1.25. The summed E-state index contributed by atoms with van der Waals surface area (Å²) in [5.41, 5.74) is 2.30. The van der Waals surface area contributed by atoms with E-state index in [2.05, 4.69) is 5.32 Å². The Bertz CT molecular complexity index is 457. The van der Waals surface area contributed by atoms with E-state index in [0.717, 1.165) is 11.1 Å². The molecular weight excluding hydrogens is 250 g/mol. The molecule has 0 bridgehead atoms. The van der Waals surface area contributed by atoms with E-state index in [1.54, 1.807) is 0 Å². The molecule has 102 valence electrons. The summed E-state index contributed by atoms with van der Waals surface area (Å²) in [4.78, 5) is 0. The van der Waals surface area contributed by atoms with Crippen molar-refractivity contribution in [3.63, 3.8) is 0 Å². The van der Waals surface area contributed by atoms with Crippen LogP contribution in [0.3, 0.4) is 0 Å². The van der Waals surface area contributed by atoms with Crippen LogP contribution in [0, 0.1) is 0 Å². The van der Waals surface area contributed by atoms with Crippen molar-refractivity contribution in [3.8, 4) is 0 Å². The third kappa shape index (κ3) is 6.14. The second-order valence-corrected chi connectivity index (χ2v) is 6.47. The molecule has 0 saturated carbocycles. The van der Waals surface area contributed by atoms with E-state index in [1.807, 2.05) is 31.2 Å². The smallest absolute Gasteiger partial charge is 0.148 e. The Balaban J connectivity index is 2.46. The summed E-state index contributed by atoms with van der Waals surface area (Å²) in [6.45, 7) is 4.39. The van der Waals surface area contributed by atoms with Crippen LogP contribution in [0.1, 0.15) is 18.1 Å². The topological polar surface area (TPSA) is 55.4 Å². The highest BCUT2D eigenvalue weighted by atomic mass is 32.2. The average Bonchev–Trinajstić information content (AvgIpc) is 2.32. The monoisotopic (exact) mass is 271 g/mol. The molecule has 0 unspecified atom stereocenters. The fraction of sp³-hybridized carbons (Fsp3) is 0.538. The highest BCUT2D eigenvalue weighted by Crippen LogP contribution is 2.09. The molecule has 0 aliphatic heterocycles. The van der Waals surface area contributed by atoms with Gasteiger partial charge in [0.25, 0.3) is 0 Å². The third-order valence-electron chi connectivity index (χ3n) is 2.55. The zero-order valence-electron chi connectivity index (χ0n) is 11.0. The van der Waals surface area contributed by atoms with Gasteiger partial charge in [0, 0.05) is 26.0 Å². The predicted molar refractivity (Wildman–Crippen MR) is 73.2 cm³/mol. The van der Waals surface area contributed by atoms with Crippen LogP contribution in [0.15, 0.2) is 24.3 Å². The molecule has 5 heteroatoms. The standard InChI is InChI=1S/C13H21NO3S/c1-3-17-11-13-7-5-4-6-12(13)10-14-8-9-18(2,15)16/h4-7,14H,3,8-11H2,1-2H3. The van der Waals surface area contributed by atoms with Crippen LogP contribution >= 0.6 is 0 Å². The minimum absolute atomic E-state index is 0.167. The van der Waals surface area contributed by atoms with Crippen molar-refractivity contribution in [2.24, 2.45) is 0 Å². The lowest BCUT2D eigenvalue weighted by Gasteiger charge is -2.10. The molecule has 1 N–H and O–H groups in total. The molecule has 4 nitrogen and oxygen atoms in total. The minimum atomic E-state index is -2.89. The lowest BCUT2D eigenvalue weighted by atomic mass is 10.1. The van der Waals surface area contributed by atoms with E-state index in [4.69, 9.17) is 4.74 Å². The summed E-state index contributed by atoms with van der Waals surface area (Å²) in [5.74, 6) is 0.167. The van der Waals surface area contributed by atoms with Crippen molar-refractivity contribution in [1.82, 2.24) is 5.32 Å². The average molecular weight is 271 g/mol. The number of sulfone groups is 1. The maximum absolute atomic E-state index is 11.0. The molecule has 1 aromatic carbocycles. The Labute approximate surface area is 109 Å². The number of benzene rings is 1. The quantitative estimate of drug-likeness (QED) is 0.725. The maximum atomic E-state index is 11.0. The van der Waals surface area contributed by atoms with E-state index >= 15 is 0 Å². The van der Waals surface area contributed by atoms with Crippen molar-refractivity contribution in [2.45, 2.75) is 20.1 Å². The zero-order chi connectivity index (χ0) is 13.4. The Morgan fingerprint density at radius 3 is 2.50 bits per heavy atom. The van der Waals surface area contributed by atoms with Gasteiger partial charge in [-0.1, -0.05) is 24.3 Å². The van der Waals surface area contributed by atoms with Crippen LogP contribution in [0.5, 0.6) is 0 Å². The maximum Gasteiger partial charge on any atom is 0.148 e. The van der Waals surface area contributed by atoms with Crippen LogP contribution in [0.2, 0.25) is 0 Å². The third-order valence-corrected chi connectivity index (χ3v) is 3.49. The van der Waals surface area contributed by atoms with E-state index in [1.165, 1.54) is 6.26 Å². The summed E-state index contributed by atoms with van der Waals surface area (Å²) >= 11 is 0. The van der Waals surface area contributed by atoms with E-state index in [9.17, 15) is 8.42 Å². The van der Waals surface area contributed by atoms with E-state index in [-0.39, 0.29) is 5.75 Å². The first-order chi connectivity index (χ1) is 8.53. The Morgan fingerprint density at radius 2 is 1.89 bits per heavy atom. The van der Waals surface area contributed by atoms with Gasteiger partial charge in [-0.15, -0.1) is 0 Å². The summed E-state index contributed by atoms with van der Waals surface area (Å²) < 4.78 is 27.4. The molecule has 1 aromatic rings. The highest BCUT2D eigenvalue weighted by Gasteiger charge is 2.03. The van der Waals surface area contributed by atoms with Gasteiger partial charge in [-0.3, -0.25) is 0 Å². The Morgan fingerprint density at radius 1 is 1.22 bits per heavy atom. The fourth-order valence-corrected chi connectivity index (χ4v) is 2.08. The van der Waals surface area contributed by atoms with E-state index < -0.39 is 9.84 Å². The first kappa shape index (κ1) is 15.1. The van der Waals surface area contributed by atoms with Crippen molar-refractivity contribution < 1.29 is 13.2 Å². The number of hydrogen-bond donors (Lipinski definition) is 1. The van der Waals surface area contributed by atoms with Crippen LogP contribution in [-0.4, -0.2) is 33.6 Å². The number of hydrogen-bond acceptors (Lipinski definition) is 4. The van der Waals surface area contributed by atoms with Crippen LogP contribution in [0.4, 0.5) is 0 Å². The van der Waals surface area contributed by atoms with Gasteiger partial charge in [-0.2, -0.15) is 0 Å². The fourth-order valence-electron chi connectivity index (χ4n) is 1.56. The van der Waals surface area contributed by atoms with Gasteiger partial charge < -0.3 is 10.1 Å². The summed E-state index contributed by atoms with van der Waals surface area (Å²) in [5, 5.41) is 3.14. The van der Waals surface area contributed by atoms with Gasteiger partial charge in [-0.05, 0) is 18.1 Å². The molecule has 0 aliphatic rings. The van der Waals surface area contributed by atoms with Gasteiger partial charge in [0.05, 0.1) is 12.4 Å². The molecule has 0 spiro atoms. The van der Waals surface area contributed by atoms with Gasteiger partial charge in [-0.25, -0.2) is 8.42 Å². The molecule has 0 fully saturated rings. The van der Waals surface area contributed by atoms with Gasteiger partial charge in [0.15, 0.2) is 0 Å². The Hall–Kier alpha value is -0.910. The second-order valence-electron chi connectivity index (χ2n) is 4.21. The predicted octanol–water partition coefficient (Wildman–Crippen LogP) is 1.36. The van der Waals surface area contributed by atoms with Crippen molar-refractivity contribution in [1.29, 1.82) is 0 Å². The normalized spacial score (nSPS) is 11.7. The van der Waals surface area contributed by atoms with Crippen LogP contribution in [-0.2, 0) is 27.7 Å². The number of ether oxygens (including phenoxy) is 1. The minimum Gasteiger partial charge on any atom is -0.377 e. The van der Waals surface area contributed by atoms with Crippen LogP contribution in [0.25, 0.3) is 0 Å². The second kappa shape index (κ2) is 7.51. The molecule has 0 saturated heterocycles. The molecule has 0 radical (unpaired) electrons. The highest BCUT2D eigenvalue weighted by molar-refractivity contribution is 7.90. The van der Waals surface area contributed by atoms with Crippen molar-refractivity contribution in [3.05, 3.63) is 35.4 Å². The van der Waals surface area contributed by atoms with E-state index in [0.29, 0.717) is 26.3 Å². The summed E-state index contributed by atoms with van der Waals surface area (Å²) in [7, 11) is -2.89. The lowest BCUT2D eigenvalue weighted by molar-refractivity contribution is 0.133. The zero-order valence-corrected chi connectivity index (χ0v) is 11.8. The largest absolute Gasteiger partial charge is 0.377 e. The van der Waals surface area contributed by atoms with Gasteiger partial charge in [0.2, 0.25) is 0 Å². The van der Waals surface area contributed by atoms with Crippen LogP contribution < -0.4 is 5.32 Å². The number of nitrogens with one attached hydrogen (secondary N) is 1. The molecule has 0 aromatic heterocycles. The molecule has 0 heterocycles. The molecular formula is C13H21NO3S. The molecule has 0 atom stereocenters. The first-order valence-corrected chi connectivity index (χ1v) is 8.12. The van der Waals surface area contributed by atoms with Gasteiger partial charge in [0.1, 0.15) is 9.84 Å². The lowest BCUT2D eigenvalue weighted by Crippen LogP contribution is -2.22. The SMILES string of the molecule is CCOCc1ccccc1CNCCS(C)(=O)=O. The molecule has 1 rings (SSSR count). The first-order valence-electron chi connectivity index (χ1n) is 6.06. The number of rotatable bonds is 8. The van der Waals surface area contributed by atoms with Gasteiger partial charge >= 0.3 is 0 Å². The Kier molecular flexibility index (Phi) is 6.32.